The molecule has 3 aromatic rings. The Morgan fingerprint density at radius 2 is 1.83 bits per heavy atom. The van der Waals surface area contributed by atoms with Crippen molar-refractivity contribution in [3.63, 3.8) is 0 Å². The fourth-order valence-electron chi connectivity index (χ4n) is 2.69. The van der Waals surface area contributed by atoms with E-state index in [1.54, 1.807) is 0 Å². The summed E-state index contributed by atoms with van der Waals surface area (Å²) in [4.78, 5) is 4.76. The van der Waals surface area contributed by atoms with E-state index in [-0.39, 0.29) is 0 Å². The monoisotopic (exact) mass is 309 g/mol. The third-order valence-corrected chi connectivity index (χ3v) is 3.64. The molecule has 3 rings (SSSR count). The first-order chi connectivity index (χ1) is 11.2. The Kier molecular flexibility index (Phi) is 4.51. The zero-order chi connectivity index (χ0) is 16.2. The number of aromatic nitrogens is 2. The van der Waals surface area contributed by atoms with Crippen LogP contribution in [0.1, 0.15) is 20.8 Å². The first-order valence-electron chi connectivity index (χ1n) is 8.13. The van der Waals surface area contributed by atoms with E-state index >= 15 is 0 Å². The Morgan fingerprint density at radius 1 is 1.09 bits per heavy atom. The zero-order valence-corrected chi connectivity index (χ0v) is 13.9. The molecule has 0 unspecified atom stereocenters. The second kappa shape index (κ2) is 6.73. The van der Waals surface area contributed by atoms with Crippen molar-refractivity contribution >= 4 is 22.7 Å². The van der Waals surface area contributed by atoms with Crippen LogP contribution in [0.5, 0.6) is 5.75 Å². The standard InChI is InChI=1S/C19H23N3O/c1-4-23-18-12-8-6-10-16(18)21-19-20-15-9-5-7-11-17(15)22(19)13-14(2)3/h5-12,14H,4,13H2,1-3H3,(H,20,21). The van der Waals surface area contributed by atoms with Gasteiger partial charge in [0.15, 0.2) is 0 Å². The summed E-state index contributed by atoms with van der Waals surface area (Å²) in [6.07, 6.45) is 0. The summed E-state index contributed by atoms with van der Waals surface area (Å²) in [5.74, 6) is 2.24. The lowest BCUT2D eigenvalue weighted by Crippen LogP contribution is -2.09. The molecule has 23 heavy (non-hydrogen) atoms. The lowest BCUT2D eigenvalue weighted by molar-refractivity contribution is 0.342. The number of nitrogens with zero attached hydrogens (tertiary/aromatic N) is 2. The van der Waals surface area contributed by atoms with Gasteiger partial charge in [0.25, 0.3) is 0 Å². The molecule has 120 valence electrons. The van der Waals surface area contributed by atoms with Gasteiger partial charge in [0.05, 0.1) is 23.3 Å². The topological polar surface area (TPSA) is 39.1 Å². The van der Waals surface area contributed by atoms with E-state index in [9.17, 15) is 0 Å². The summed E-state index contributed by atoms with van der Waals surface area (Å²) in [5, 5.41) is 3.45. The summed E-state index contributed by atoms with van der Waals surface area (Å²) < 4.78 is 7.94. The summed E-state index contributed by atoms with van der Waals surface area (Å²) >= 11 is 0. The number of hydrogen-bond donors (Lipinski definition) is 1. The molecule has 1 aromatic heterocycles. The van der Waals surface area contributed by atoms with Crippen LogP contribution in [0.4, 0.5) is 11.6 Å². The Labute approximate surface area is 137 Å². The number of rotatable bonds is 6. The van der Waals surface area contributed by atoms with Gasteiger partial charge in [-0.2, -0.15) is 0 Å². The SMILES string of the molecule is CCOc1ccccc1Nc1nc2ccccc2n1CC(C)C. The lowest BCUT2D eigenvalue weighted by atomic mass is 10.2. The van der Waals surface area contributed by atoms with Gasteiger partial charge in [-0.1, -0.05) is 38.1 Å². The number of hydrogen-bond acceptors (Lipinski definition) is 3. The molecular weight excluding hydrogens is 286 g/mol. The number of ether oxygens (including phenoxy) is 1. The minimum absolute atomic E-state index is 0.537. The van der Waals surface area contributed by atoms with E-state index in [1.807, 2.05) is 43.3 Å². The largest absolute Gasteiger partial charge is 0.492 e. The number of para-hydroxylation sites is 4. The molecule has 0 aliphatic carbocycles. The maximum atomic E-state index is 5.70. The van der Waals surface area contributed by atoms with Crippen molar-refractivity contribution < 1.29 is 4.74 Å². The van der Waals surface area contributed by atoms with Gasteiger partial charge in [0.1, 0.15) is 5.75 Å². The van der Waals surface area contributed by atoms with Crippen LogP contribution in [0, 0.1) is 5.92 Å². The summed E-state index contributed by atoms with van der Waals surface area (Å²) in [6.45, 7) is 7.98. The van der Waals surface area contributed by atoms with E-state index < -0.39 is 0 Å². The van der Waals surface area contributed by atoms with Crippen LogP contribution in [0.3, 0.4) is 0 Å². The van der Waals surface area contributed by atoms with Gasteiger partial charge in [-0.3, -0.25) is 0 Å². The normalized spacial score (nSPS) is 11.1. The average molecular weight is 309 g/mol. The Balaban J connectivity index is 2.02. The predicted molar refractivity (Wildman–Crippen MR) is 95.5 cm³/mol. The van der Waals surface area contributed by atoms with Crippen molar-refractivity contribution in [2.45, 2.75) is 27.3 Å². The van der Waals surface area contributed by atoms with Crippen molar-refractivity contribution in [1.29, 1.82) is 0 Å². The molecule has 1 N–H and O–H groups in total. The number of anilines is 2. The van der Waals surface area contributed by atoms with Crippen LogP contribution in [0.2, 0.25) is 0 Å². The molecule has 4 heteroatoms. The van der Waals surface area contributed by atoms with E-state index in [2.05, 4.69) is 35.9 Å². The van der Waals surface area contributed by atoms with Crippen LogP contribution >= 0.6 is 0 Å². The van der Waals surface area contributed by atoms with E-state index in [0.29, 0.717) is 12.5 Å². The molecule has 0 atom stereocenters. The minimum atomic E-state index is 0.537. The first kappa shape index (κ1) is 15.4. The molecule has 0 fully saturated rings. The minimum Gasteiger partial charge on any atom is -0.492 e. The van der Waals surface area contributed by atoms with Gasteiger partial charge in [0, 0.05) is 6.54 Å². The molecule has 0 spiro atoms. The summed E-state index contributed by atoms with van der Waals surface area (Å²) in [6, 6.07) is 16.2. The van der Waals surface area contributed by atoms with Crippen LogP contribution in [-0.4, -0.2) is 16.2 Å². The molecule has 1 heterocycles. The maximum Gasteiger partial charge on any atom is 0.208 e. The van der Waals surface area contributed by atoms with Gasteiger partial charge < -0.3 is 14.6 Å². The number of nitrogens with one attached hydrogen (secondary N) is 1. The summed E-state index contributed by atoms with van der Waals surface area (Å²) in [5.41, 5.74) is 3.09. The van der Waals surface area contributed by atoms with Gasteiger partial charge in [-0.05, 0) is 37.1 Å². The fraction of sp³-hybridized carbons (Fsp3) is 0.316. The van der Waals surface area contributed by atoms with Crippen LogP contribution in [-0.2, 0) is 6.54 Å². The third-order valence-electron chi connectivity index (χ3n) is 3.64. The molecule has 0 saturated heterocycles. The van der Waals surface area contributed by atoms with Crippen molar-refractivity contribution in [3.8, 4) is 5.75 Å². The smallest absolute Gasteiger partial charge is 0.208 e. The Bertz CT molecular complexity index is 792. The highest BCUT2D eigenvalue weighted by atomic mass is 16.5. The number of fused-ring (bicyclic) bond motifs is 1. The quantitative estimate of drug-likeness (QED) is 0.708. The average Bonchev–Trinajstić information content (AvgIpc) is 2.87. The van der Waals surface area contributed by atoms with Gasteiger partial charge in [-0.15, -0.1) is 0 Å². The molecule has 0 radical (unpaired) electrons. The van der Waals surface area contributed by atoms with Gasteiger partial charge in [-0.25, -0.2) is 4.98 Å². The second-order valence-corrected chi connectivity index (χ2v) is 5.98. The van der Waals surface area contributed by atoms with Gasteiger partial charge >= 0.3 is 0 Å². The maximum absolute atomic E-state index is 5.70. The molecule has 0 aliphatic rings. The molecule has 4 nitrogen and oxygen atoms in total. The first-order valence-corrected chi connectivity index (χ1v) is 8.13. The Hall–Kier alpha value is -2.49. The molecule has 0 aliphatic heterocycles. The predicted octanol–water partition coefficient (Wildman–Crippen LogP) is 4.83. The van der Waals surface area contributed by atoms with E-state index in [4.69, 9.17) is 9.72 Å². The van der Waals surface area contributed by atoms with Crippen molar-refractivity contribution in [1.82, 2.24) is 9.55 Å². The zero-order valence-electron chi connectivity index (χ0n) is 13.9. The highest BCUT2D eigenvalue weighted by molar-refractivity contribution is 5.80. The molecule has 0 bridgehead atoms. The highest BCUT2D eigenvalue weighted by Gasteiger charge is 2.13. The molecule has 0 amide bonds. The number of imidazole rings is 1. The van der Waals surface area contributed by atoms with Gasteiger partial charge in [0.2, 0.25) is 5.95 Å². The van der Waals surface area contributed by atoms with Crippen molar-refractivity contribution in [2.75, 3.05) is 11.9 Å². The highest BCUT2D eigenvalue weighted by Crippen LogP contribution is 2.29. The molecule has 2 aromatic carbocycles. The molecular formula is C19H23N3O. The number of benzene rings is 2. The van der Waals surface area contributed by atoms with Crippen molar-refractivity contribution in [3.05, 3.63) is 48.5 Å². The van der Waals surface area contributed by atoms with E-state index in [1.165, 1.54) is 0 Å². The van der Waals surface area contributed by atoms with Crippen LogP contribution in [0.15, 0.2) is 48.5 Å². The fourth-order valence-corrected chi connectivity index (χ4v) is 2.69. The Morgan fingerprint density at radius 3 is 2.61 bits per heavy atom. The van der Waals surface area contributed by atoms with Crippen LogP contribution < -0.4 is 10.1 Å². The lowest BCUT2D eigenvalue weighted by Gasteiger charge is -2.15. The molecule has 0 saturated carbocycles. The third kappa shape index (κ3) is 3.31. The van der Waals surface area contributed by atoms with E-state index in [0.717, 1.165) is 35.0 Å². The summed E-state index contributed by atoms with van der Waals surface area (Å²) in [7, 11) is 0. The van der Waals surface area contributed by atoms with Crippen LogP contribution in [0.25, 0.3) is 11.0 Å². The van der Waals surface area contributed by atoms with Crippen molar-refractivity contribution in [2.24, 2.45) is 5.92 Å². The second-order valence-electron chi connectivity index (χ2n) is 5.98.